The number of aryl methyl sites for hydroxylation is 3. The number of carbonyl (C=O) groups excluding carboxylic acids is 3. The zero-order valence-electron chi connectivity index (χ0n) is 23.9. The fraction of sp³-hybridized carbons (Fsp3) is 0.258. The number of hydrogen-bond acceptors (Lipinski definition) is 9. The SMILES string of the molecule is C=CCOc1ccc(C2C(=C(O)c3nc4c(C)cccn4c3C)C(=O)C(=O)N2c2nc(C)c(C(C)=O)s2)cc1OCC. The van der Waals surface area contributed by atoms with Gasteiger partial charge in [-0.15, -0.1) is 0 Å². The van der Waals surface area contributed by atoms with Crippen LogP contribution >= 0.6 is 11.3 Å². The van der Waals surface area contributed by atoms with Gasteiger partial charge in [0.05, 0.1) is 34.5 Å². The minimum Gasteiger partial charge on any atom is -0.505 e. The third kappa shape index (κ3) is 4.75. The number of rotatable bonds is 9. The number of thiazole rings is 1. The first-order chi connectivity index (χ1) is 20.1. The molecule has 10 nitrogen and oxygen atoms in total. The van der Waals surface area contributed by atoms with E-state index in [1.165, 1.54) is 11.8 Å². The molecule has 1 saturated heterocycles. The Kier molecular flexibility index (Phi) is 7.70. The average Bonchev–Trinajstić information content (AvgIpc) is 3.60. The number of hydrogen-bond donors (Lipinski definition) is 1. The van der Waals surface area contributed by atoms with Gasteiger partial charge in [-0.05, 0) is 57.0 Å². The Morgan fingerprint density at radius 1 is 1.14 bits per heavy atom. The second kappa shape index (κ2) is 11.2. The van der Waals surface area contributed by atoms with Crippen LogP contribution in [0, 0.1) is 20.8 Å². The molecule has 1 fully saturated rings. The van der Waals surface area contributed by atoms with Crippen LogP contribution < -0.4 is 14.4 Å². The van der Waals surface area contributed by atoms with E-state index in [0.29, 0.717) is 45.6 Å². The summed E-state index contributed by atoms with van der Waals surface area (Å²) in [6.07, 6.45) is 3.42. The predicted molar refractivity (Wildman–Crippen MR) is 160 cm³/mol. The maximum absolute atomic E-state index is 13.7. The lowest BCUT2D eigenvalue weighted by molar-refractivity contribution is -0.132. The molecular weight excluding hydrogens is 556 g/mol. The van der Waals surface area contributed by atoms with Crippen LogP contribution in [0.1, 0.15) is 57.8 Å². The maximum Gasteiger partial charge on any atom is 0.301 e. The molecule has 4 aromatic rings. The van der Waals surface area contributed by atoms with Crippen molar-refractivity contribution in [3.63, 3.8) is 0 Å². The summed E-state index contributed by atoms with van der Waals surface area (Å²) in [5.74, 6) is -1.55. The van der Waals surface area contributed by atoms with Crippen molar-refractivity contribution in [3.05, 3.63) is 87.8 Å². The van der Waals surface area contributed by atoms with Crippen LogP contribution in [0.2, 0.25) is 0 Å². The summed E-state index contributed by atoms with van der Waals surface area (Å²) < 4.78 is 13.4. The molecule has 0 aliphatic carbocycles. The molecule has 1 amide bonds. The third-order valence-corrected chi connectivity index (χ3v) is 8.26. The Balaban J connectivity index is 1.77. The van der Waals surface area contributed by atoms with Crippen LogP contribution in [0.15, 0.2) is 54.8 Å². The molecule has 216 valence electrons. The predicted octanol–water partition coefficient (Wildman–Crippen LogP) is 5.51. The van der Waals surface area contributed by atoms with Crippen molar-refractivity contribution in [3.8, 4) is 11.5 Å². The standard InChI is InChI=1S/C31H30N4O6S/c1-7-14-41-21-12-11-20(15-22(21)40-8-2)25-23(26(37)24-18(5)34-13-9-10-16(3)29(34)33-24)27(38)30(39)35(25)31-32-17(4)28(42-31)19(6)36/h7,9-13,15,25,37H,1,8,14H2,2-6H3. The van der Waals surface area contributed by atoms with Gasteiger partial charge in [0.2, 0.25) is 0 Å². The van der Waals surface area contributed by atoms with Gasteiger partial charge >= 0.3 is 5.91 Å². The first-order valence-corrected chi connectivity index (χ1v) is 14.1. The van der Waals surface area contributed by atoms with Gasteiger partial charge in [0, 0.05) is 13.1 Å². The highest BCUT2D eigenvalue weighted by molar-refractivity contribution is 7.18. The molecular formula is C31H30N4O6S. The van der Waals surface area contributed by atoms with Crippen LogP contribution in [-0.2, 0) is 9.59 Å². The quantitative estimate of drug-likeness (QED) is 0.0896. The summed E-state index contributed by atoms with van der Waals surface area (Å²) in [7, 11) is 0. The van der Waals surface area contributed by atoms with E-state index in [1.807, 2.05) is 36.6 Å². The molecule has 0 radical (unpaired) electrons. The van der Waals surface area contributed by atoms with Gasteiger partial charge in [-0.25, -0.2) is 9.97 Å². The third-order valence-electron chi connectivity index (χ3n) is 7.00. The second-order valence-corrected chi connectivity index (χ2v) is 10.8. The van der Waals surface area contributed by atoms with Crippen LogP contribution in [0.5, 0.6) is 11.5 Å². The minimum absolute atomic E-state index is 0.149. The van der Waals surface area contributed by atoms with Crippen molar-refractivity contribution < 1.29 is 29.0 Å². The molecule has 1 aromatic carbocycles. The monoisotopic (exact) mass is 586 g/mol. The molecule has 0 bridgehead atoms. The van der Waals surface area contributed by atoms with Crippen LogP contribution in [0.25, 0.3) is 11.4 Å². The number of carbonyl (C=O) groups is 3. The number of benzene rings is 1. The number of aliphatic hydroxyl groups is 1. The summed E-state index contributed by atoms with van der Waals surface area (Å²) in [6, 6.07) is 7.72. The first kappa shape index (κ1) is 28.7. The Bertz CT molecular complexity index is 1800. The van der Waals surface area contributed by atoms with Gasteiger partial charge in [0.25, 0.3) is 5.78 Å². The molecule has 1 aliphatic heterocycles. The van der Waals surface area contributed by atoms with E-state index < -0.39 is 23.5 Å². The van der Waals surface area contributed by atoms with Crippen molar-refractivity contribution >= 4 is 45.3 Å². The average molecular weight is 587 g/mol. The highest BCUT2D eigenvalue weighted by Gasteiger charge is 2.49. The highest BCUT2D eigenvalue weighted by atomic mass is 32.1. The van der Waals surface area contributed by atoms with Crippen molar-refractivity contribution in [1.82, 2.24) is 14.4 Å². The summed E-state index contributed by atoms with van der Waals surface area (Å²) >= 11 is 1.02. The zero-order valence-corrected chi connectivity index (χ0v) is 24.7. The number of nitrogens with zero attached hydrogens (tertiary/aromatic N) is 4. The van der Waals surface area contributed by atoms with Gasteiger partial charge < -0.3 is 19.0 Å². The van der Waals surface area contributed by atoms with E-state index >= 15 is 0 Å². The number of ether oxygens (including phenoxy) is 2. The number of amides is 1. The second-order valence-electron chi connectivity index (χ2n) is 9.81. The lowest BCUT2D eigenvalue weighted by Gasteiger charge is -2.24. The van der Waals surface area contributed by atoms with Crippen molar-refractivity contribution in [2.45, 2.75) is 40.7 Å². The summed E-state index contributed by atoms with van der Waals surface area (Å²) in [5, 5.41) is 11.9. The number of anilines is 1. The molecule has 0 spiro atoms. The van der Waals surface area contributed by atoms with Gasteiger partial charge in [-0.1, -0.05) is 36.1 Å². The smallest absolute Gasteiger partial charge is 0.301 e. The molecule has 3 aromatic heterocycles. The number of Topliss-reactive ketones (excluding diaryl/α,β-unsaturated/α-hetero) is 2. The first-order valence-electron chi connectivity index (χ1n) is 13.3. The van der Waals surface area contributed by atoms with Crippen molar-refractivity contribution in [1.29, 1.82) is 0 Å². The molecule has 1 aliphatic rings. The van der Waals surface area contributed by atoms with E-state index in [2.05, 4.69) is 16.5 Å². The molecule has 1 atom stereocenters. The van der Waals surface area contributed by atoms with Gasteiger partial charge in [0.1, 0.15) is 17.9 Å². The summed E-state index contributed by atoms with van der Waals surface area (Å²) in [4.78, 5) is 50.4. The van der Waals surface area contributed by atoms with Crippen LogP contribution in [0.4, 0.5) is 5.13 Å². The van der Waals surface area contributed by atoms with E-state index in [0.717, 1.165) is 16.9 Å². The Labute approximate surface area is 246 Å². The molecule has 0 saturated carbocycles. The van der Waals surface area contributed by atoms with E-state index in [1.54, 1.807) is 38.1 Å². The lowest BCUT2D eigenvalue weighted by atomic mass is 9.96. The van der Waals surface area contributed by atoms with Crippen molar-refractivity contribution in [2.75, 3.05) is 18.1 Å². The number of imidazole rings is 1. The molecule has 4 heterocycles. The van der Waals surface area contributed by atoms with Crippen LogP contribution in [0.3, 0.4) is 0 Å². The molecule has 11 heteroatoms. The lowest BCUT2D eigenvalue weighted by Crippen LogP contribution is -2.29. The van der Waals surface area contributed by atoms with E-state index in [-0.39, 0.29) is 28.8 Å². The Morgan fingerprint density at radius 2 is 1.90 bits per heavy atom. The largest absolute Gasteiger partial charge is 0.505 e. The van der Waals surface area contributed by atoms with Gasteiger partial charge in [-0.3, -0.25) is 19.3 Å². The highest BCUT2D eigenvalue weighted by Crippen LogP contribution is 2.45. The summed E-state index contributed by atoms with van der Waals surface area (Å²) in [5.41, 5.74) is 3.04. The fourth-order valence-electron chi connectivity index (χ4n) is 5.06. The Hall–Kier alpha value is -4.77. The normalized spacial score (nSPS) is 16.3. The van der Waals surface area contributed by atoms with E-state index in [4.69, 9.17) is 9.47 Å². The van der Waals surface area contributed by atoms with E-state index in [9.17, 15) is 19.5 Å². The zero-order chi connectivity index (χ0) is 30.3. The van der Waals surface area contributed by atoms with Gasteiger partial charge in [0.15, 0.2) is 28.2 Å². The minimum atomic E-state index is -1.09. The number of aliphatic hydroxyl groups excluding tert-OH is 1. The number of pyridine rings is 1. The fourth-order valence-corrected chi connectivity index (χ4v) is 6.05. The molecule has 5 rings (SSSR count). The van der Waals surface area contributed by atoms with Gasteiger partial charge in [-0.2, -0.15) is 0 Å². The maximum atomic E-state index is 13.7. The molecule has 1 N–H and O–H groups in total. The topological polar surface area (TPSA) is 123 Å². The van der Waals surface area contributed by atoms with Crippen molar-refractivity contribution in [2.24, 2.45) is 0 Å². The molecule has 42 heavy (non-hydrogen) atoms. The summed E-state index contributed by atoms with van der Waals surface area (Å²) in [6.45, 7) is 12.9. The number of fused-ring (bicyclic) bond motifs is 1. The number of ketones is 2. The Morgan fingerprint density at radius 3 is 2.55 bits per heavy atom. The molecule has 1 unspecified atom stereocenters. The number of aromatic nitrogens is 3. The van der Waals surface area contributed by atoms with Crippen LogP contribution in [-0.4, -0.2) is 50.2 Å².